The normalized spacial score (nSPS) is 10.7. The molecule has 0 aliphatic carbocycles. The summed E-state index contributed by atoms with van der Waals surface area (Å²) in [4.78, 5) is 22.7. The number of nitro groups is 1. The van der Waals surface area contributed by atoms with Gasteiger partial charge in [0.2, 0.25) is 0 Å². The molecule has 9 heteroatoms. The predicted molar refractivity (Wildman–Crippen MR) is 67.1 cm³/mol. The van der Waals surface area contributed by atoms with Gasteiger partial charge in [-0.2, -0.15) is 0 Å². The first-order valence-corrected chi connectivity index (χ1v) is 5.87. The average molecular weight is 309 g/mol. The van der Waals surface area contributed by atoms with Crippen LogP contribution in [0.4, 0.5) is 14.5 Å². The lowest BCUT2D eigenvalue weighted by Crippen LogP contribution is -2.37. The first-order valence-electron chi connectivity index (χ1n) is 5.49. The van der Waals surface area contributed by atoms with Crippen molar-refractivity contribution in [2.75, 3.05) is 19.7 Å². The Balaban J connectivity index is 3.11. The Morgan fingerprint density at radius 1 is 1.50 bits per heavy atom. The van der Waals surface area contributed by atoms with Gasteiger partial charge in [-0.05, 0) is 6.07 Å². The van der Waals surface area contributed by atoms with E-state index in [4.69, 9.17) is 16.7 Å². The van der Waals surface area contributed by atoms with Crippen molar-refractivity contribution in [1.82, 2.24) is 4.90 Å². The zero-order valence-electron chi connectivity index (χ0n) is 10.1. The SMILES string of the molecule is O=C(c1cccc([N+](=O)[O-])c1Cl)N(CCO)CC(F)F. The third-order valence-corrected chi connectivity index (χ3v) is 2.82. The fraction of sp³-hybridized carbons (Fsp3) is 0.364. The Morgan fingerprint density at radius 2 is 2.15 bits per heavy atom. The molecule has 1 N–H and O–H groups in total. The highest BCUT2D eigenvalue weighted by molar-refractivity contribution is 6.35. The highest BCUT2D eigenvalue weighted by atomic mass is 35.5. The Kier molecular flexibility index (Phi) is 5.78. The molecule has 0 unspecified atom stereocenters. The highest BCUT2D eigenvalue weighted by Gasteiger charge is 2.25. The predicted octanol–water partition coefficient (Wildman–Crippen LogP) is 1.95. The zero-order chi connectivity index (χ0) is 15.3. The lowest BCUT2D eigenvalue weighted by Gasteiger charge is -2.21. The molecule has 1 amide bonds. The molecular weight excluding hydrogens is 298 g/mol. The molecule has 0 atom stereocenters. The summed E-state index contributed by atoms with van der Waals surface area (Å²) >= 11 is 5.74. The summed E-state index contributed by atoms with van der Waals surface area (Å²) in [7, 11) is 0. The van der Waals surface area contributed by atoms with Crippen LogP contribution in [0.3, 0.4) is 0 Å². The molecule has 0 heterocycles. The minimum absolute atomic E-state index is 0.255. The summed E-state index contributed by atoms with van der Waals surface area (Å²) in [6, 6.07) is 3.53. The second kappa shape index (κ2) is 7.11. The zero-order valence-corrected chi connectivity index (χ0v) is 10.9. The van der Waals surface area contributed by atoms with Gasteiger partial charge in [0.1, 0.15) is 5.02 Å². The number of halogens is 3. The topological polar surface area (TPSA) is 83.7 Å². The van der Waals surface area contributed by atoms with Crippen LogP contribution in [0.25, 0.3) is 0 Å². The van der Waals surface area contributed by atoms with Crippen molar-refractivity contribution in [3.05, 3.63) is 38.9 Å². The number of benzene rings is 1. The second-order valence-corrected chi connectivity index (χ2v) is 4.14. The smallest absolute Gasteiger partial charge is 0.288 e. The number of carbonyl (C=O) groups excluding carboxylic acids is 1. The van der Waals surface area contributed by atoms with E-state index >= 15 is 0 Å². The summed E-state index contributed by atoms with van der Waals surface area (Å²) in [6.07, 6.45) is -2.79. The van der Waals surface area contributed by atoms with Crippen molar-refractivity contribution in [3.63, 3.8) is 0 Å². The lowest BCUT2D eigenvalue weighted by molar-refractivity contribution is -0.384. The third kappa shape index (κ3) is 3.84. The second-order valence-electron chi connectivity index (χ2n) is 3.76. The molecule has 0 aliphatic heterocycles. The Morgan fingerprint density at radius 3 is 2.65 bits per heavy atom. The van der Waals surface area contributed by atoms with Crippen LogP contribution in [0.1, 0.15) is 10.4 Å². The first-order chi connectivity index (χ1) is 9.38. The van der Waals surface area contributed by atoms with Crippen LogP contribution < -0.4 is 0 Å². The van der Waals surface area contributed by atoms with Gasteiger partial charge in [0.15, 0.2) is 0 Å². The number of nitrogens with zero attached hydrogens (tertiary/aromatic N) is 2. The average Bonchev–Trinajstić information content (AvgIpc) is 2.37. The molecule has 0 aliphatic rings. The number of hydrogen-bond donors (Lipinski definition) is 1. The molecular formula is C11H11ClF2N2O4. The van der Waals surface area contributed by atoms with Crippen LogP contribution in [0, 0.1) is 10.1 Å². The van der Waals surface area contributed by atoms with Gasteiger partial charge in [0.05, 0.1) is 23.6 Å². The Hall–Kier alpha value is -1.80. The summed E-state index contributed by atoms with van der Waals surface area (Å²) < 4.78 is 24.8. The van der Waals surface area contributed by atoms with Crippen molar-refractivity contribution < 1.29 is 23.6 Å². The van der Waals surface area contributed by atoms with Gasteiger partial charge >= 0.3 is 0 Å². The Bertz CT molecular complexity index is 513. The molecule has 0 saturated carbocycles. The Labute approximate surface area is 117 Å². The van der Waals surface area contributed by atoms with E-state index in [9.17, 15) is 23.7 Å². The molecule has 6 nitrogen and oxygen atoms in total. The van der Waals surface area contributed by atoms with E-state index in [1.807, 2.05) is 0 Å². The molecule has 0 radical (unpaired) electrons. The van der Waals surface area contributed by atoms with E-state index in [2.05, 4.69) is 0 Å². The van der Waals surface area contributed by atoms with Crippen LogP contribution in [0.15, 0.2) is 18.2 Å². The number of nitro benzene ring substituents is 1. The van der Waals surface area contributed by atoms with E-state index in [1.165, 1.54) is 12.1 Å². The monoisotopic (exact) mass is 308 g/mol. The highest BCUT2D eigenvalue weighted by Crippen LogP contribution is 2.28. The number of rotatable bonds is 6. The minimum atomic E-state index is -2.79. The summed E-state index contributed by atoms with van der Waals surface area (Å²) in [5.41, 5.74) is -0.742. The molecule has 1 rings (SSSR count). The number of carbonyl (C=O) groups is 1. The molecule has 0 fully saturated rings. The third-order valence-electron chi connectivity index (χ3n) is 2.42. The van der Waals surface area contributed by atoms with Crippen molar-refractivity contribution >= 4 is 23.2 Å². The lowest BCUT2D eigenvalue weighted by atomic mass is 10.1. The fourth-order valence-corrected chi connectivity index (χ4v) is 1.84. The maximum Gasteiger partial charge on any atom is 0.288 e. The molecule has 1 aromatic carbocycles. The molecule has 0 bridgehead atoms. The summed E-state index contributed by atoms with van der Waals surface area (Å²) in [5.74, 6) is -0.895. The van der Waals surface area contributed by atoms with E-state index in [0.717, 1.165) is 6.07 Å². The number of aliphatic hydroxyl groups is 1. The van der Waals surface area contributed by atoms with Gasteiger partial charge in [-0.1, -0.05) is 17.7 Å². The molecule has 0 saturated heterocycles. The van der Waals surface area contributed by atoms with Crippen LogP contribution in [0.2, 0.25) is 5.02 Å². The van der Waals surface area contributed by atoms with Crippen LogP contribution in [-0.2, 0) is 0 Å². The van der Waals surface area contributed by atoms with E-state index < -0.39 is 41.1 Å². The van der Waals surface area contributed by atoms with E-state index in [-0.39, 0.29) is 12.1 Å². The number of amides is 1. The summed E-state index contributed by atoms with van der Waals surface area (Å²) in [5, 5.41) is 19.1. The van der Waals surface area contributed by atoms with Gasteiger partial charge in [0.25, 0.3) is 18.0 Å². The fourth-order valence-electron chi connectivity index (χ4n) is 1.56. The van der Waals surface area contributed by atoms with Crippen molar-refractivity contribution in [2.45, 2.75) is 6.43 Å². The molecule has 0 spiro atoms. The number of hydrogen-bond acceptors (Lipinski definition) is 4. The quantitative estimate of drug-likeness (QED) is 0.643. The van der Waals surface area contributed by atoms with Gasteiger partial charge in [-0.25, -0.2) is 8.78 Å². The van der Waals surface area contributed by atoms with Crippen LogP contribution in [0.5, 0.6) is 0 Å². The maximum absolute atomic E-state index is 12.4. The molecule has 20 heavy (non-hydrogen) atoms. The first kappa shape index (κ1) is 16.3. The standard InChI is InChI=1S/C11H11ClF2N2O4/c12-10-7(2-1-3-8(10)16(19)20)11(18)15(4-5-17)6-9(13)14/h1-3,9,17H,4-6H2. The van der Waals surface area contributed by atoms with Crippen LogP contribution >= 0.6 is 11.6 Å². The van der Waals surface area contributed by atoms with Gasteiger partial charge < -0.3 is 10.0 Å². The van der Waals surface area contributed by atoms with Crippen molar-refractivity contribution in [1.29, 1.82) is 0 Å². The number of aliphatic hydroxyl groups excluding tert-OH is 1. The van der Waals surface area contributed by atoms with Gasteiger partial charge in [-0.3, -0.25) is 14.9 Å². The van der Waals surface area contributed by atoms with E-state index in [0.29, 0.717) is 4.90 Å². The molecule has 0 aromatic heterocycles. The van der Waals surface area contributed by atoms with Crippen molar-refractivity contribution in [3.8, 4) is 0 Å². The summed E-state index contributed by atoms with van der Waals surface area (Å²) in [6.45, 7) is -1.72. The molecule has 110 valence electrons. The maximum atomic E-state index is 12.4. The van der Waals surface area contributed by atoms with Crippen LogP contribution in [-0.4, -0.2) is 47.0 Å². The van der Waals surface area contributed by atoms with E-state index in [1.54, 1.807) is 0 Å². The minimum Gasteiger partial charge on any atom is -0.395 e. The largest absolute Gasteiger partial charge is 0.395 e. The van der Waals surface area contributed by atoms with Gasteiger partial charge in [-0.15, -0.1) is 0 Å². The number of alkyl halides is 2. The van der Waals surface area contributed by atoms with Crippen molar-refractivity contribution in [2.24, 2.45) is 0 Å². The van der Waals surface area contributed by atoms with Gasteiger partial charge in [0, 0.05) is 12.6 Å². The molecule has 1 aromatic rings.